The van der Waals surface area contributed by atoms with Gasteiger partial charge in [0.2, 0.25) is 0 Å². The van der Waals surface area contributed by atoms with Gasteiger partial charge in [0.05, 0.1) is 12.6 Å². The quantitative estimate of drug-likeness (QED) is 0.285. The highest BCUT2D eigenvalue weighted by atomic mass is 16.5. The SMILES string of the molecule is CCCOCC(NN)c1ccccc1N. The second kappa shape index (κ2) is 6.40. The fraction of sp³-hybridized carbons (Fsp3) is 0.455. The number of ether oxygens (including phenoxy) is 1. The van der Waals surface area contributed by atoms with Crippen molar-refractivity contribution < 1.29 is 4.74 Å². The van der Waals surface area contributed by atoms with Gasteiger partial charge in [-0.15, -0.1) is 0 Å². The number of nitrogens with one attached hydrogen (secondary N) is 1. The lowest BCUT2D eigenvalue weighted by molar-refractivity contribution is 0.112. The molecule has 5 N–H and O–H groups in total. The van der Waals surface area contributed by atoms with Gasteiger partial charge in [0.25, 0.3) is 0 Å². The predicted molar refractivity (Wildman–Crippen MR) is 62.0 cm³/mol. The molecule has 0 saturated carbocycles. The summed E-state index contributed by atoms with van der Waals surface area (Å²) in [6, 6.07) is 7.61. The first-order valence-electron chi connectivity index (χ1n) is 5.17. The molecule has 15 heavy (non-hydrogen) atoms. The van der Waals surface area contributed by atoms with E-state index in [1.54, 1.807) is 0 Å². The predicted octanol–water partition coefficient (Wildman–Crippen LogP) is 1.20. The molecule has 0 saturated heterocycles. The molecule has 1 rings (SSSR count). The number of anilines is 1. The molecular formula is C11H19N3O. The second-order valence-electron chi connectivity index (χ2n) is 3.42. The molecule has 0 radical (unpaired) electrons. The zero-order valence-corrected chi connectivity index (χ0v) is 9.07. The minimum Gasteiger partial charge on any atom is -0.398 e. The molecule has 0 heterocycles. The number of nitrogens with two attached hydrogens (primary N) is 2. The molecular weight excluding hydrogens is 190 g/mol. The summed E-state index contributed by atoms with van der Waals surface area (Å²) in [5.74, 6) is 5.47. The van der Waals surface area contributed by atoms with Crippen LogP contribution < -0.4 is 17.0 Å². The van der Waals surface area contributed by atoms with Crippen LogP contribution in [-0.2, 0) is 4.74 Å². The van der Waals surface area contributed by atoms with Gasteiger partial charge in [-0.2, -0.15) is 0 Å². The molecule has 0 amide bonds. The Kier molecular flexibility index (Phi) is 5.10. The summed E-state index contributed by atoms with van der Waals surface area (Å²) in [5.41, 5.74) is 10.3. The molecule has 0 aromatic heterocycles. The third-order valence-electron chi connectivity index (χ3n) is 2.21. The van der Waals surface area contributed by atoms with Crippen molar-refractivity contribution in [3.8, 4) is 0 Å². The molecule has 1 aromatic carbocycles. The monoisotopic (exact) mass is 209 g/mol. The van der Waals surface area contributed by atoms with Gasteiger partial charge in [-0.05, 0) is 18.1 Å². The first-order valence-corrected chi connectivity index (χ1v) is 5.17. The van der Waals surface area contributed by atoms with Gasteiger partial charge in [0.1, 0.15) is 0 Å². The Hall–Kier alpha value is -1.10. The van der Waals surface area contributed by atoms with Crippen LogP contribution in [0, 0.1) is 0 Å². The second-order valence-corrected chi connectivity index (χ2v) is 3.42. The van der Waals surface area contributed by atoms with E-state index in [0.29, 0.717) is 6.61 Å². The Labute approximate surface area is 90.6 Å². The van der Waals surface area contributed by atoms with Crippen molar-refractivity contribution in [1.82, 2.24) is 5.43 Å². The van der Waals surface area contributed by atoms with Crippen LogP contribution in [0.2, 0.25) is 0 Å². The Balaban J connectivity index is 2.61. The van der Waals surface area contributed by atoms with Crippen molar-refractivity contribution in [2.45, 2.75) is 19.4 Å². The maximum Gasteiger partial charge on any atom is 0.0713 e. The summed E-state index contributed by atoms with van der Waals surface area (Å²) in [4.78, 5) is 0. The average molecular weight is 209 g/mol. The maximum atomic E-state index is 5.85. The van der Waals surface area contributed by atoms with Crippen LogP contribution in [0.3, 0.4) is 0 Å². The third kappa shape index (κ3) is 3.51. The fourth-order valence-electron chi connectivity index (χ4n) is 1.40. The highest BCUT2D eigenvalue weighted by molar-refractivity contribution is 5.48. The molecule has 0 bridgehead atoms. The first kappa shape index (κ1) is 12.0. The zero-order chi connectivity index (χ0) is 11.1. The summed E-state index contributed by atoms with van der Waals surface area (Å²) in [5, 5.41) is 0. The van der Waals surface area contributed by atoms with Crippen LogP contribution in [0.15, 0.2) is 24.3 Å². The van der Waals surface area contributed by atoms with Gasteiger partial charge in [0.15, 0.2) is 0 Å². The van der Waals surface area contributed by atoms with Gasteiger partial charge in [-0.3, -0.25) is 11.3 Å². The number of rotatable bonds is 6. The lowest BCUT2D eigenvalue weighted by Crippen LogP contribution is -2.32. The van der Waals surface area contributed by atoms with E-state index in [1.807, 2.05) is 24.3 Å². The zero-order valence-electron chi connectivity index (χ0n) is 9.07. The number of hydrogen-bond donors (Lipinski definition) is 3. The van der Waals surface area contributed by atoms with Gasteiger partial charge >= 0.3 is 0 Å². The van der Waals surface area contributed by atoms with Crippen LogP contribution in [0.1, 0.15) is 24.9 Å². The van der Waals surface area contributed by atoms with E-state index in [2.05, 4.69) is 12.3 Å². The molecule has 4 nitrogen and oxygen atoms in total. The molecule has 0 aliphatic heterocycles. The van der Waals surface area contributed by atoms with Crippen LogP contribution in [0.25, 0.3) is 0 Å². The third-order valence-corrected chi connectivity index (χ3v) is 2.21. The summed E-state index contributed by atoms with van der Waals surface area (Å²) in [7, 11) is 0. The Morgan fingerprint density at radius 2 is 2.13 bits per heavy atom. The van der Waals surface area contributed by atoms with Crippen molar-refractivity contribution in [3.63, 3.8) is 0 Å². The highest BCUT2D eigenvalue weighted by Gasteiger charge is 2.11. The smallest absolute Gasteiger partial charge is 0.0713 e. The fourth-order valence-corrected chi connectivity index (χ4v) is 1.40. The number of benzene rings is 1. The lowest BCUT2D eigenvalue weighted by Gasteiger charge is -2.17. The largest absolute Gasteiger partial charge is 0.398 e. The van der Waals surface area contributed by atoms with Crippen molar-refractivity contribution in [2.75, 3.05) is 18.9 Å². The van der Waals surface area contributed by atoms with E-state index in [1.165, 1.54) is 0 Å². The van der Waals surface area contributed by atoms with Crippen molar-refractivity contribution >= 4 is 5.69 Å². The number of hydrazine groups is 1. The minimum absolute atomic E-state index is 0.0438. The number of hydrogen-bond acceptors (Lipinski definition) is 4. The summed E-state index contributed by atoms with van der Waals surface area (Å²) in [6.07, 6.45) is 1.00. The van der Waals surface area contributed by atoms with E-state index in [4.69, 9.17) is 16.3 Å². The van der Waals surface area contributed by atoms with Crippen LogP contribution in [-0.4, -0.2) is 13.2 Å². The normalized spacial score (nSPS) is 12.7. The van der Waals surface area contributed by atoms with Crippen LogP contribution in [0.4, 0.5) is 5.69 Å². The molecule has 1 atom stereocenters. The standard InChI is InChI=1S/C11H19N3O/c1-2-7-15-8-11(14-13)9-5-3-4-6-10(9)12/h3-6,11,14H,2,7-8,12-13H2,1H3. The Morgan fingerprint density at radius 3 is 2.73 bits per heavy atom. The van der Waals surface area contributed by atoms with Crippen molar-refractivity contribution in [3.05, 3.63) is 29.8 Å². The molecule has 1 aromatic rings. The molecule has 0 aliphatic carbocycles. The van der Waals surface area contributed by atoms with Gasteiger partial charge in [0, 0.05) is 12.3 Å². The molecule has 4 heteroatoms. The minimum atomic E-state index is -0.0438. The van der Waals surface area contributed by atoms with Crippen LogP contribution >= 0.6 is 0 Å². The summed E-state index contributed by atoms with van der Waals surface area (Å²) >= 11 is 0. The Morgan fingerprint density at radius 1 is 1.40 bits per heavy atom. The van der Waals surface area contributed by atoms with Gasteiger partial charge in [-0.25, -0.2) is 0 Å². The first-order chi connectivity index (χ1) is 7.29. The highest BCUT2D eigenvalue weighted by Crippen LogP contribution is 2.19. The molecule has 0 spiro atoms. The summed E-state index contributed by atoms with van der Waals surface area (Å²) in [6.45, 7) is 3.35. The topological polar surface area (TPSA) is 73.3 Å². The lowest BCUT2D eigenvalue weighted by atomic mass is 10.1. The van der Waals surface area contributed by atoms with Gasteiger partial charge < -0.3 is 10.5 Å². The van der Waals surface area contributed by atoms with E-state index < -0.39 is 0 Å². The molecule has 84 valence electrons. The number of para-hydroxylation sites is 1. The van der Waals surface area contributed by atoms with E-state index in [0.717, 1.165) is 24.3 Å². The summed E-state index contributed by atoms with van der Waals surface area (Å²) < 4.78 is 5.45. The van der Waals surface area contributed by atoms with Crippen molar-refractivity contribution in [1.29, 1.82) is 0 Å². The molecule has 0 aliphatic rings. The molecule has 0 fully saturated rings. The van der Waals surface area contributed by atoms with E-state index in [-0.39, 0.29) is 6.04 Å². The van der Waals surface area contributed by atoms with E-state index >= 15 is 0 Å². The van der Waals surface area contributed by atoms with E-state index in [9.17, 15) is 0 Å². The molecule has 1 unspecified atom stereocenters. The number of nitrogen functional groups attached to an aromatic ring is 1. The van der Waals surface area contributed by atoms with Crippen LogP contribution in [0.5, 0.6) is 0 Å². The maximum absolute atomic E-state index is 5.85. The van der Waals surface area contributed by atoms with Gasteiger partial charge in [-0.1, -0.05) is 25.1 Å². The van der Waals surface area contributed by atoms with Crippen molar-refractivity contribution in [2.24, 2.45) is 5.84 Å². The average Bonchev–Trinajstić information content (AvgIpc) is 2.26. The Bertz CT molecular complexity index is 291.